The van der Waals surface area contributed by atoms with E-state index in [9.17, 15) is 14.9 Å². The molecule has 0 fully saturated rings. The molecule has 1 aromatic carbocycles. The number of ether oxygens (including phenoxy) is 1. The van der Waals surface area contributed by atoms with E-state index in [1.165, 1.54) is 18.2 Å². The average molecular weight is 306 g/mol. The van der Waals surface area contributed by atoms with Gasteiger partial charge in [0.15, 0.2) is 0 Å². The summed E-state index contributed by atoms with van der Waals surface area (Å²) in [6.45, 7) is 4.05. The molecule has 6 heteroatoms. The van der Waals surface area contributed by atoms with Crippen molar-refractivity contribution in [2.45, 2.75) is 26.2 Å². The summed E-state index contributed by atoms with van der Waals surface area (Å²) in [4.78, 5) is 21.8. The zero-order chi connectivity index (χ0) is 16.2. The number of amides is 1. The first kappa shape index (κ1) is 17.8. The maximum absolute atomic E-state index is 11.6. The lowest BCUT2D eigenvalue weighted by molar-refractivity contribution is -0.384. The second-order valence-corrected chi connectivity index (χ2v) is 4.80. The van der Waals surface area contributed by atoms with Crippen molar-refractivity contribution in [2.24, 2.45) is 0 Å². The molecule has 0 aliphatic carbocycles. The van der Waals surface area contributed by atoms with E-state index in [-0.39, 0.29) is 11.6 Å². The summed E-state index contributed by atoms with van der Waals surface area (Å²) in [5.41, 5.74) is 0.624. The molecule has 0 aliphatic rings. The summed E-state index contributed by atoms with van der Waals surface area (Å²) in [5.74, 6) is -0.222. The molecule has 0 saturated carbocycles. The predicted molar refractivity (Wildman–Crippen MR) is 85.5 cm³/mol. The van der Waals surface area contributed by atoms with E-state index in [0.29, 0.717) is 18.7 Å². The number of non-ortho nitro benzene ring substituents is 1. The van der Waals surface area contributed by atoms with Crippen molar-refractivity contribution < 1.29 is 14.5 Å². The van der Waals surface area contributed by atoms with Gasteiger partial charge in [0.1, 0.15) is 0 Å². The number of unbranched alkanes of at least 4 members (excludes halogenated alkanes) is 1. The van der Waals surface area contributed by atoms with Crippen LogP contribution in [0.5, 0.6) is 0 Å². The van der Waals surface area contributed by atoms with Gasteiger partial charge in [-0.2, -0.15) is 0 Å². The molecule has 0 saturated heterocycles. The Morgan fingerprint density at radius 3 is 2.86 bits per heavy atom. The molecule has 22 heavy (non-hydrogen) atoms. The predicted octanol–water partition coefficient (Wildman–Crippen LogP) is 2.93. The summed E-state index contributed by atoms with van der Waals surface area (Å²) < 4.78 is 5.39. The number of benzene rings is 1. The van der Waals surface area contributed by atoms with Crippen LogP contribution < -0.4 is 5.32 Å². The number of nitrogens with one attached hydrogen (secondary N) is 1. The van der Waals surface area contributed by atoms with Crippen molar-refractivity contribution in [3.63, 3.8) is 0 Å². The molecule has 1 amide bonds. The number of carbonyl (C=O) groups is 1. The van der Waals surface area contributed by atoms with Crippen LogP contribution in [0.15, 0.2) is 30.3 Å². The lowest BCUT2D eigenvalue weighted by atomic mass is 10.2. The van der Waals surface area contributed by atoms with Crippen molar-refractivity contribution in [3.05, 3.63) is 46.0 Å². The van der Waals surface area contributed by atoms with Gasteiger partial charge in [0.05, 0.1) is 4.92 Å². The maximum Gasteiger partial charge on any atom is 0.270 e. The average Bonchev–Trinajstić information content (AvgIpc) is 2.52. The molecule has 1 rings (SSSR count). The SMILES string of the molecule is CCCCOCCCNC(=O)/C=C/c1cccc([N+](=O)[O-])c1. The standard InChI is InChI=1S/C16H22N2O4/c1-2-3-11-22-12-5-10-17-16(19)9-8-14-6-4-7-15(13-14)18(20)21/h4,6-9,13H,2-3,5,10-12H2,1H3,(H,17,19)/b9-8+. The van der Waals surface area contributed by atoms with E-state index in [4.69, 9.17) is 4.74 Å². The fraction of sp³-hybridized carbons (Fsp3) is 0.438. The highest BCUT2D eigenvalue weighted by Gasteiger charge is 2.04. The monoisotopic (exact) mass is 306 g/mol. The van der Waals surface area contributed by atoms with Crippen molar-refractivity contribution in [3.8, 4) is 0 Å². The zero-order valence-electron chi connectivity index (χ0n) is 12.8. The van der Waals surface area contributed by atoms with Crippen molar-refractivity contribution in [2.75, 3.05) is 19.8 Å². The molecule has 1 N–H and O–H groups in total. The third kappa shape index (κ3) is 7.54. The topological polar surface area (TPSA) is 81.5 Å². The highest BCUT2D eigenvalue weighted by atomic mass is 16.6. The molecule has 0 aromatic heterocycles. The largest absolute Gasteiger partial charge is 0.381 e. The lowest BCUT2D eigenvalue weighted by Gasteiger charge is -2.04. The summed E-state index contributed by atoms with van der Waals surface area (Å²) in [7, 11) is 0. The molecule has 1 aromatic rings. The number of nitro groups is 1. The minimum absolute atomic E-state index is 0.00628. The Bertz CT molecular complexity index is 515. The Hall–Kier alpha value is -2.21. The van der Waals surface area contributed by atoms with Gasteiger partial charge in [-0.25, -0.2) is 0 Å². The van der Waals surface area contributed by atoms with E-state index >= 15 is 0 Å². The molecule has 0 radical (unpaired) electrons. The first-order valence-electron chi connectivity index (χ1n) is 7.41. The molecular formula is C16H22N2O4. The Labute approximate surface area is 130 Å². The number of carbonyl (C=O) groups excluding carboxylic acids is 1. The van der Waals surface area contributed by atoms with Gasteiger partial charge in [-0.3, -0.25) is 14.9 Å². The van der Waals surface area contributed by atoms with Crippen LogP contribution in [0, 0.1) is 10.1 Å². The fourth-order valence-electron chi connectivity index (χ4n) is 1.71. The summed E-state index contributed by atoms with van der Waals surface area (Å²) in [5, 5.41) is 13.4. The van der Waals surface area contributed by atoms with Gasteiger partial charge in [-0.15, -0.1) is 0 Å². The van der Waals surface area contributed by atoms with Gasteiger partial charge in [0.2, 0.25) is 5.91 Å². The number of nitrogens with zero attached hydrogens (tertiary/aromatic N) is 1. The third-order valence-corrected chi connectivity index (χ3v) is 2.92. The van der Waals surface area contributed by atoms with Crippen molar-refractivity contribution in [1.82, 2.24) is 5.32 Å². The second kappa shape index (κ2) is 10.5. The van der Waals surface area contributed by atoms with E-state index in [0.717, 1.165) is 25.9 Å². The Morgan fingerprint density at radius 2 is 2.14 bits per heavy atom. The van der Waals surface area contributed by atoms with Gasteiger partial charge in [0.25, 0.3) is 5.69 Å². The molecule has 120 valence electrons. The minimum Gasteiger partial charge on any atom is -0.381 e. The number of hydrogen-bond donors (Lipinski definition) is 1. The van der Waals surface area contributed by atoms with E-state index in [2.05, 4.69) is 12.2 Å². The van der Waals surface area contributed by atoms with E-state index < -0.39 is 4.92 Å². The van der Waals surface area contributed by atoms with Gasteiger partial charge in [-0.1, -0.05) is 25.5 Å². The smallest absolute Gasteiger partial charge is 0.270 e. The Morgan fingerprint density at radius 1 is 1.36 bits per heavy atom. The maximum atomic E-state index is 11.6. The molecule has 0 bridgehead atoms. The molecular weight excluding hydrogens is 284 g/mol. The van der Waals surface area contributed by atoms with Crippen LogP contribution in [-0.2, 0) is 9.53 Å². The van der Waals surface area contributed by atoms with E-state index in [1.807, 2.05) is 0 Å². The number of rotatable bonds is 10. The van der Waals surface area contributed by atoms with E-state index in [1.54, 1.807) is 18.2 Å². The highest BCUT2D eigenvalue weighted by Crippen LogP contribution is 2.13. The molecule has 0 unspecified atom stereocenters. The highest BCUT2D eigenvalue weighted by molar-refractivity contribution is 5.91. The zero-order valence-corrected chi connectivity index (χ0v) is 12.8. The summed E-state index contributed by atoms with van der Waals surface area (Å²) in [6.07, 6.45) is 5.86. The van der Waals surface area contributed by atoms with Gasteiger partial charge in [-0.05, 0) is 24.5 Å². The molecule has 0 heterocycles. The van der Waals surface area contributed by atoms with Crippen molar-refractivity contribution in [1.29, 1.82) is 0 Å². The first-order chi connectivity index (χ1) is 10.6. The molecule has 0 aliphatic heterocycles. The van der Waals surface area contributed by atoms with Crippen molar-refractivity contribution >= 4 is 17.7 Å². The lowest BCUT2D eigenvalue weighted by Crippen LogP contribution is -2.23. The molecule has 6 nitrogen and oxygen atoms in total. The van der Waals surface area contributed by atoms with Gasteiger partial charge >= 0.3 is 0 Å². The van der Waals surface area contributed by atoms with Crippen LogP contribution in [0.1, 0.15) is 31.7 Å². The van der Waals surface area contributed by atoms with Crippen LogP contribution in [0.3, 0.4) is 0 Å². The summed E-state index contributed by atoms with van der Waals surface area (Å²) >= 11 is 0. The minimum atomic E-state index is -0.462. The second-order valence-electron chi connectivity index (χ2n) is 4.80. The number of nitro benzene ring substituents is 1. The van der Waals surface area contributed by atoms with Gasteiger partial charge < -0.3 is 10.1 Å². The molecule has 0 spiro atoms. The van der Waals surface area contributed by atoms with Crippen LogP contribution >= 0.6 is 0 Å². The summed E-state index contributed by atoms with van der Waals surface area (Å²) in [6, 6.07) is 6.13. The molecule has 0 atom stereocenters. The third-order valence-electron chi connectivity index (χ3n) is 2.92. The van der Waals surface area contributed by atoms with Crippen LogP contribution in [0.25, 0.3) is 6.08 Å². The Balaban J connectivity index is 2.27. The van der Waals surface area contributed by atoms with Crippen LogP contribution in [-0.4, -0.2) is 30.6 Å². The quantitative estimate of drug-likeness (QED) is 0.312. The van der Waals surface area contributed by atoms with Gasteiger partial charge in [0, 0.05) is 38.0 Å². The van der Waals surface area contributed by atoms with Crippen LogP contribution in [0.4, 0.5) is 5.69 Å². The Kier molecular flexibility index (Phi) is 8.52. The normalized spacial score (nSPS) is 10.8. The van der Waals surface area contributed by atoms with Crippen LogP contribution in [0.2, 0.25) is 0 Å². The number of hydrogen-bond acceptors (Lipinski definition) is 4. The fourth-order valence-corrected chi connectivity index (χ4v) is 1.71. The first-order valence-corrected chi connectivity index (χ1v) is 7.41.